The first-order valence-electron chi connectivity index (χ1n) is 6.07. The van der Waals surface area contributed by atoms with Crippen LogP contribution in [-0.4, -0.2) is 36.7 Å². The minimum absolute atomic E-state index is 0.174. The largest absolute Gasteiger partial charge is 0.497 e. The Morgan fingerprint density at radius 1 is 1.30 bits per heavy atom. The number of aromatic nitrogens is 2. The van der Waals surface area contributed by atoms with Crippen LogP contribution in [0.25, 0.3) is 10.9 Å². The lowest BCUT2D eigenvalue weighted by molar-refractivity contribution is -0.121. The molecule has 7 heteroatoms. The Labute approximate surface area is 116 Å². The van der Waals surface area contributed by atoms with E-state index in [9.17, 15) is 4.79 Å². The SMILES string of the molecule is COCCC(=O)NNc1ncnc2cc(OC)ccc12. The molecule has 0 atom stereocenters. The quantitative estimate of drug-likeness (QED) is 0.769. The molecule has 1 heterocycles. The summed E-state index contributed by atoms with van der Waals surface area (Å²) in [5, 5.41) is 0.792. The summed E-state index contributed by atoms with van der Waals surface area (Å²) in [7, 11) is 3.14. The smallest absolute Gasteiger partial charge is 0.240 e. The number of hydrogen-bond acceptors (Lipinski definition) is 6. The molecule has 2 rings (SSSR count). The number of hydrogen-bond donors (Lipinski definition) is 2. The highest BCUT2D eigenvalue weighted by Crippen LogP contribution is 2.22. The minimum Gasteiger partial charge on any atom is -0.497 e. The highest BCUT2D eigenvalue weighted by molar-refractivity contribution is 5.90. The molecule has 0 saturated carbocycles. The van der Waals surface area contributed by atoms with Crippen LogP contribution in [0.5, 0.6) is 5.75 Å². The summed E-state index contributed by atoms with van der Waals surface area (Å²) in [5.74, 6) is 1.07. The zero-order valence-corrected chi connectivity index (χ0v) is 11.3. The monoisotopic (exact) mass is 276 g/mol. The fourth-order valence-corrected chi connectivity index (χ4v) is 1.65. The van der Waals surface area contributed by atoms with Gasteiger partial charge in [-0.15, -0.1) is 0 Å². The molecule has 0 unspecified atom stereocenters. The van der Waals surface area contributed by atoms with E-state index in [1.807, 2.05) is 12.1 Å². The predicted octanol–water partition coefficient (Wildman–Crippen LogP) is 1.12. The fraction of sp³-hybridized carbons (Fsp3) is 0.308. The first kappa shape index (κ1) is 14.0. The molecule has 2 aromatic rings. The van der Waals surface area contributed by atoms with E-state index >= 15 is 0 Å². The van der Waals surface area contributed by atoms with Gasteiger partial charge in [0.2, 0.25) is 5.91 Å². The average molecular weight is 276 g/mol. The molecule has 0 saturated heterocycles. The van der Waals surface area contributed by atoms with Crippen molar-refractivity contribution < 1.29 is 14.3 Å². The number of fused-ring (bicyclic) bond motifs is 1. The lowest BCUT2D eigenvalue weighted by Gasteiger charge is -2.10. The van der Waals surface area contributed by atoms with Crippen molar-refractivity contribution >= 4 is 22.6 Å². The molecule has 1 amide bonds. The van der Waals surface area contributed by atoms with E-state index in [0.717, 1.165) is 10.9 Å². The lowest BCUT2D eigenvalue weighted by Crippen LogP contribution is -2.30. The van der Waals surface area contributed by atoms with Crippen molar-refractivity contribution in [2.45, 2.75) is 6.42 Å². The van der Waals surface area contributed by atoms with Crippen molar-refractivity contribution in [1.82, 2.24) is 15.4 Å². The van der Waals surface area contributed by atoms with Crippen molar-refractivity contribution in [1.29, 1.82) is 0 Å². The topological polar surface area (TPSA) is 85.4 Å². The summed E-state index contributed by atoms with van der Waals surface area (Å²) in [6.07, 6.45) is 1.70. The number of anilines is 1. The Balaban J connectivity index is 2.12. The van der Waals surface area contributed by atoms with Gasteiger partial charge < -0.3 is 9.47 Å². The highest BCUT2D eigenvalue weighted by atomic mass is 16.5. The first-order valence-corrected chi connectivity index (χ1v) is 6.07. The van der Waals surface area contributed by atoms with Crippen molar-refractivity contribution in [2.24, 2.45) is 0 Å². The van der Waals surface area contributed by atoms with Crippen LogP contribution in [0, 0.1) is 0 Å². The molecule has 0 aliphatic heterocycles. The van der Waals surface area contributed by atoms with Gasteiger partial charge in [-0.05, 0) is 12.1 Å². The molecule has 0 aliphatic carbocycles. The fourth-order valence-electron chi connectivity index (χ4n) is 1.65. The van der Waals surface area contributed by atoms with E-state index in [0.29, 0.717) is 18.2 Å². The van der Waals surface area contributed by atoms with Crippen LogP contribution >= 0.6 is 0 Å². The maximum Gasteiger partial charge on any atom is 0.240 e. The van der Waals surface area contributed by atoms with Crippen molar-refractivity contribution in [3.8, 4) is 5.75 Å². The Kier molecular flexibility index (Phi) is 4.67. The van der Waals surface area contributed by atoms with Gasteiger partial charge in [0.15, 0.2) is 5.82 Å². The van der Waals surface area contributed by atoms with Gasteiger partial charge in [-0.25, -0.2) is 9.97 Å². The summed E-state index contributed by atoms with van der Waals surface area (Å²) in [4.78, 5) is 19.8. The molecule has 0 aliphatic rings. The second-order valence-electron chi connectivity index (χ2n) is 4.02. The molecular formula is C13H16N4O3. The van der Waals surface area contributed by atoms with E-state index in [2.05, 4.69) is 20.8 Å². The van der Waals surface area contributed by atoms with Crippen molar-refractivity contribution in [3.63, 3.8) is 0 Å². The number of hydrazine groups is 1. The van der Waals surface area contributed by atoms with Gasteiger partial charge in [0, 0.05) is 18.6 Å². The number of methoxy groups -OCH3 is 2. The highest BCUT2D eigenvalue weighted by Gasteiger charge is 2.06. The van der Waals surface area contributed by atoms with Crippen LogP contribution in [0.1, 0.15) is 6.42 Å². The zero-order chi connectivity index (χ0) is 14.4. The van der Waals surface area contributed by atoms with Gasteiger partial charge in [-0.2, -0.15) is 0 Å². The standard InChI is InChI=1S/C13H16N4O3/c1-19-6-5-12(18)16-17-13-10-4-3-9(20-2)7-11(10)14-8-15-13/h3-4,7-8H,5-6H2,1-2H3,(H,16,18)(H,14,15,17). The second kappa shape index (κ2) is 6.67. The minimum atomic E-state index is -0.174. The molecule has 0 radical (unpaired) electrons. The van der Waals surface area contributed by atoms with Crippen LogP contribution < -0.4 is 15.6 Å². The molecule has 2 N–H and O–H groups in total. The number of ether oxygens (including phenoxy) is 2. The number of carbonyl (C=O) groups is 1. The van der Waals surface area contributed by atoms with Gasteiger partial charge >= 0.3 is 0 Å². The van der Waals surface area contributed by atoms with Crippen molar-refractivity contribution in [3.05, 3.63) is 24.5 Å². The maximum atomic E-state index is 11.5. The van der Waals surface area contributed by atoms with Crippen LogP contribution in [0.15, 0.2) is 24.5 Å². The second-order valence-corrected chi connectivity index (χ2v) is 4.02. The van der Waals surface area contributed by atoms with Crippen LogP contribution in [0.3, 0.4) is 0 Å². The number of carbonyl (C=O) groups excluding carboxylic acids is 1. The van der Waals surface area contributed by atoms with Gasteiger partial charge in [-0.1, -0.05) is 0 Å². The van der Waals surface area contributed by atoms with Crippen LogP contribution in [0.2, 0.25) is 0 Å². The number of benzene rings is 1. The summed E-state index contributed by atoms with van der Waals surface area (Å²) < 4.78 is 9.97. The Bertz CT molecular complexity index is 603. The molecule has 1 aromatic heterocycles. The van der Waals surface area contributed by atoms with E-state index in [1.54, 1.807) is 20.3 Å². The third-order valence-electron chi connectivity index (χ3n) is 2.70. The normalized spacial score (nSPS) is 10.3. The number of nitrogens with zero attached hydrogens (tertiary/aromatic N) is 2. The third kappa shape index (κ3) is 3.33. The van der Waals surface area contributed by atoms with Gasteiger partial charge in [0.25, 0.3) is 0 Å². The summed E-state index contributed by atoms with van der Waals surface area (Å²) in [6, 6.07) is 5.44. The van der Waals surface area contributed by atoms with E-state index < -0.39 is 0 Å². The maximum absolute atomic E-state index is 11.5. The van der Waals surface area contributed by atoms with Crippen LogP contribution in [0.4, 0.5) is 5.82 Å². The molecule has 0 bridgehead atoms. The van der Waals surface area contributed by atoms with Gasteiger partial charge in [-0.3, -0.25) is 15.6 Å². The predicted molar refractivity (Wildman–Crippen MR) is 74.3 cm³/mol. The molecule has 20 heavy (non-hydrogen) atoms. The Hall–Kier alpha value is -2.41. The summed E-state index contributed by atoms with van der Waals surface area (Å²) >= 11 is 0. The average Bonchev–Trinajstić information content (AvgIpc) is 2.50. The Morgan fingerprint density at radius 3 is 2.90 bits per heavy atom. The molecule has 106 valence electrons. The van der Waals surface area contributed by atoms with Gasteiger partial charge in [0.05, 0.1) is 25.7 Å². The lowest BCUT2D eigenvalue weighted by atomic mass is 10.2. The molecule has 0 spiro atoms. The third-order valence-corrected chi connectivity index (χ3v) is 2.70. The van der Waals surface area contributed by atoms with Gasteiger partial charge in [0.1, 0.15) is 12.1 Å². The molecule has 1 aromatic carbocycles. The number of nitrogens with one attached hydrogen (secondary N) is 2. The Morgan fingerprint density at radius 2 is 2.15 bits per heavy atom. The van der Waals surface area contributed by atoms with Crippen LogP contribution in [-0.2, 0) is 9.53 Å². The number of amides is 1. The van der Waals surface area contributed by atoms with E-state index in [4.69, 9.17) is 9.47 Å². The molecular weight excluding hydrogens is 260 g/mol. The molecule has 7 nitrogen and oxygen atoms in total. The summed E-state index contributed by atoms with van der Waals surface area (Å²) in [5.41, 5.74) is 6.08. The van der Waals surface area contributed by atoms with E-state index in [-0.39, 0.29) is 12.3 Å². The first-order chi connectivity index (χ1) is 9.74. The van der Waals surface area contributed by atoms with E-state index in [1.165, 1.54) is 6.33 Å². The summed E-state index contributed by atoms with van der Waals surface area (Å²) in [6.45, 7) is 0.370. The van der Waals surface area contributed by atoms with Crippen molar-refractivity contribution in [2.75, 3.05) is 26.3 Å². The zero-order valence-electron chi connectivity index (χ0n) is 11.3. The molecule has 0 fully saturated rings. The number of rotatable bonds is 6.